The molecule has 0 saturated heterocycles. The molecule has 0 heterocycles. The van der Waals surface area contributed by atoms with E-state index >= 15 is 0 Å². The van der Waals surface area contributed by atoms with E-state index in [9.17, 15) is 9.59 Å². The summed E-state index contributed by atoms with van der Waals surface area (Å²) < 4.78 is 0. The molecule has 12 heavy (non-hydrogen) atoms. The van der Waals surface area contributed by atoms with Crippen LogP contribution < -0.4 is 0 Å². The number of carbonyl (C=O) groups excluding carboxylic acids is 2. The quantitative estimate of drug-likeness (QED) is 0.474. The van der Waals surface area contributed by atoms with Crippen LogP contribution in [0.5, 0.6) is 0 Å². The van der Waals surface area contributed by atoms with E-state index in [0.29, 0.717) is 6.42 Å². The SMILES string of the molecule is CC(=O)CC1=CC(C=O)CCC1. The van der Waals surface area contributed by atoms with Crippen molar-refractivity contribution in [1.82, 2.24) is 0 Å². The number of carbonyl (C=O) groups is 2. The van der Waals surface area contributed by atoms with Gasteiger partial charge in [-0.3, -0.25) is 4.79 Å². The van der Waals surface area contributed by atoms with Crippen LogP contribution in [-0.4, -0.2) is 12.1 Å². The third-order valence-corrected chi connectivity index (χ3v) is 2.14. The number of hydrogen-bond acceptors (Lipinski definition) is 2. The first-order valence-corrected chi connectivity index (χ1v) is 4.36. The van der Waals surface area contributed by atoms with Crippen LogP contribution >= 0.6 is 0 Å². The van der Waals surface area contributed by atoms with Crippen LogP contribution in [0.2, 0.25) is 0 Å². The van der Waals surface area contributed by atoms with E-state index in [1.165, 1.54) is 0 Å². The molecule has 2 heteroatoms. The Morgan fingerprint density at radius 3 is 3.08 bits per heavy atom. The molecular formula is C10H14O2. The Bertz CT molecular complexity index is 216. The lowest BCUT2D eigenvalue weighted by Crippen LogP contribution is -2.07. The zero-order valence-electron chi connectivity index (χ0n) is 7.38. The van der Waals surface area contributed by atoms with Gasteiger partial charge >= 0.3 is 0 Å². The molecule has 0 fully saturated rings. The van der Waals surface area contributed by atoms with Crippen molar-refractivity contribution in [3.8, 4) is 0 Å². The molecule has 2 nitrogen and oxygen atoms in total. The highest BCUT2D eigenvalue weighted by molar-refractivity contribution is 5.78. The summed E-state index contributed by atoms with van der Waals surface area (Å²) in [4.78, 5) is 21.2. The fourth-order valence-electron chi connectivity index (χ4n) is 1.61. The largest absolute Gasteiger partial charge is 0.303 e. The van der Waals surface area contributed by atoms with Crippen molar-refractivity contribution in [2.24, 2.45) is 5.92 Å². The Balaban J connectivity index is 2.57. The highest BCUT2D eigenvalue weighted by Gasteiger charge is 2.13. The van der Waals surface area contributed by atoms with Gasteiger partial charge in [-0.2, -0.15) is 0 Å². The molecule has 0 bridgehead atoms. The molecule has 66 valence electrons. The van der Waals surface area contributed by atoms with Gasteiger partial charge in [-0.05, 0) is 26.2 Å². The molecule has 1 unspecified atom stereocenters. The van der Waals surface area contributed by atoms with Gasteiger partial charge in [0.05, 0.1) is 0 Å². The van der Waals surface area contributed by atoms with Gasteiger partial charge in [-0.1, -0.05) is 11.6 Å². The van der Waals surface area contributed by atoms with Crippen molar-refractivity contribution in [2.75, 3.05) is 0 Å². The number of hydrogen-bond donors (Lipinski definition) is 0. The van der Waals surface area contributed by atoms with Gasteiger partial charge in [0.25, 0.3) is 0 Å². The molecule has 0 aromatic carbocycles. The monoisotopic (exact) mass is 166 g/mol. The van der Waals surface area contributed by atoms with Crippen molar-refractivity contribution in [1.29, 1.82) is 0 Å². The van der Waals surface area contributed by atoms with Gasteiger partial charge in [-0.25, -0.2) is 0 Å². The van der Waals surface area contributed by atoms with Gasteiger partial charge in [0.1, 0.15) is 12.1 Å². The van der Waals surface area contributed by atoms with Crippen molar-refractivity contribution >= 4 is 12.1 Å². The second-order valence-electron chi connectivity index (χ2n) is 3.40. The minimum atomic E-state index is 0.0631. The lowest BCUT2D eigenvalue weighted by atomic mass is 9.89. The second-order valence-corrected chi connectivity index (χ2v) is 3.40. The van der Waals surface area contributed by atoms with E-state index < -0.39 is 0 Å². The van der Waals surface area contributed by atoms with E-state index in [2.05, 4.69) is 0 Å². The Labute approximate surface area is 72.7 Å². The predicted octanol–water partition coefficient (Wildman–Crippen LogP) is 1.89. The highest BCUT2D eigenvalue weighted by Crippen LogP contribution is 2.23. The van der Waals surface area contributed by atoms with Crippen LogP contribution in [0.15, 0.2) is 11.6 Å². The van der Waals surface area contributed by atoms with Crippen molar-refractivity contribution in [3.63, 3.8) is 0 Å². The average molecular weight is 166 g/mol. The maximum Gasteiger partial charge on any atom is 0.133 e. The number of rotatable bonds is 3. The first-order valence-electron chi connectivity index (χ1n) is 4.36. The van der Waals surface area contributed by atoms with E-state index in [4.69, 9.17) is 0 Å². The zero-order chi connectivity index (χ0) is 8.97. The third-order valence-electron chi connectivity index (χ3n) is 2.14. The highest BCUT2D eigenvalue weighted by atomic mass is 16.1. The summed E-state index contributed by atoms with van der Waals surface area (Å²) in [7, 11) is 0. The first-order chi connectivity index (χ1) is 5.72. The van der Waals surface area contributed by atoms with Crippen LogP contribution in [0, 0.1) is 5.92 Å². The topological polar surface area (TPSA) is 34.1 Å². The first kappa shape index (κ1) is 9.17. The molecule has 0 aliphatic heterocycles. The van der Waals surface area contributed by atoms with Crippen LogP contribution in [-0.2, 0) is 9.59 Å². The molecule has 0 aromatic heterocycles. The maximum atomic E-state index is 10.8. The van der Waals surface area contributed by atoms with Gasteiger partial charge in [0.2, 0.25) is 0 Å². The summed E-state index contributed by atoms with van der Waals surface area (Å²) in [6.45, 7) is 1.59. The molecule has 0 N–H and O–H groups in total. The standard InChI is InChI=1S/C10H14O2/c1-8(12)5-9-3-2-4-10(6-9)7-11/h6-7,10H,2-5H2,1H3. The molecule has 1 aliphatic carbocycles. The predicted molar refractivity (Wildman–Crippen MR) is 46.8 cm³/mol. The summed E-state index contributed by atoms with van der Waals surface area (Å²) in [5.41, 5.74) is 1.14. The maximum absolute atomic E-state index is 10.8. The van der Waals surface area contributed by atoms with Crippen molar-refractivity contribution < 1.29 is 9.59 Å². The molecule has 0 amide bonds. The zero-order valence-corrected chi connectivity index (χ0v) is 7.38. The number of ketones is 1. The van der Waals surface area contributed by atoms with Crippen LogP contribution in [0.1, 0.15) is 32.6 Å². The summed E-state index contributed by atoms with van der Waals surface area (Å²) in [6.07, 6.45) is 6.44. The van der Waals surface area contributed by atoms with E-state index in [1.54, 1.807) is 6.92 Å². The fraction of sp³-hybridized carbons (Fsp3) is 0.600. The van der Waals surface area contributed by atoms with Gasteiger partial charge < -0.3 is 4.79 Å². The van der Waals surface area contributed by atoms with E-state index in [-0.39, 0.29) is 11.7 Å². The number of aldehydes is 1. The number of allylic oxidation sites excluding steroid dienone is 2. The molecule has 0 radical (unpaired) electrons. The Morgan fingerprint density at radius 1 is 1.75 bits per heavy atom. The van der Waals surface area contributed by atoms with E-state index in [1.807, 2.05) is 6.08 Å². The lowest BCUT2D eigenvalue weighted by molar-refractivity contribution is -0.116. The molecule has 0 saturated carbocycles. The Kier molecular flexibility index (Phi) is 3.20. The minimum Gasteiger partial charge on any atom is -0.303 e. The van der Waals surface area contributed by atoms with Gasteiger partial charge in [0, 0.05) is 12.3 Å². The number of Topliss-reactive ketones (excluding diaryl/α,β-unsaturated/α-hetero) is 1. The molecule has 1 atom stereocenters. The second kappa shape index (κ2) is 4.19. The fourth-order valence-corrected chi connectivity index (χ4v) is 1.61. The summed E-state index contributed by atoms with van der Waals surface area (Å²) in [5.74, 6) is 0.251. The molecule has 0 spiro atoms. The van der Waals surface area contributed by atoms with Crippen LogP contribution in [0.3, 0.4) is 0 Å². The van der Waals surface area contributed by atoms with Crippen molar-refractivity contribution in [2.45, 2.75) is 32.6 Å². The smallest absolute Gasteiger partial charge is 0.133 e. The van der Waals surface area contributed by atoms with Gasteiger partial charge in [0.15, 0.2) is 0 Å². The van der Waals surface area contributed by atoms with Crippen molar-refractivity contribution in [3.05, 3.63) is 11.6 Å². The van der Waals surface area contributed by atoms with Gasteiger partial charge in [-0.15, -0.1) is 0 Å². The Morgan fingerprint density at radius 2 is 2.50 bits per heavy atom. The molecule has 0 aromatic rings. The summed E-state index contributed by atoms with van der Waals surface area (Å²) in [6, 6.07) is 0. The normalized spacial score (nSPS) is 23.1. The summed E-state index contributed by atoms with van der Waals surface area (Å²) in [5, 5.41) is 0. The molecular weight excluding hydrogens is 152 g/mol. The average Bonchev–Trinajstić information content (AvgIpc) is 2.03. The van der Waals surface area contributed by atoms with Crippen LogP contribution in [0.25, 0.3) is 0 Å². The van der Waals surface area contributed by atoms with E-state index in [0.717, 1.165) is 31.1 Å². The minimum absolute atomic E-state index is 0.0631. The molecule has 1 rings (SSSR count). The molecule has 1 aliphatic rings. The summed E-state index contributed by atoms with van der Waals surface area (Å²) >= 11 is 0. The third kappa shape index (κ3) is 2.61. The van der Waals surface area contributed by atoms with Crippen LogP contribution in [0.4, 0.5) is 0 Å². The lowest BCUT2D eigenvalue weighted by Gasteiger charge is -2.15. The Hall–Kier alpha value is -0.920.